The molecule has 0 aromatic heterocycles. The molecule has 1 nitrogen and oxygen atoms in total. The summed E-state index contributed by atoms with van der Waals surface area (Å²) in [4.78, 5) is 0. The molecule has 2 rings (SSSR count). The van der Waals surface area contributed by atoms with E-state index in [1.54, 1.807) is 7.11 Å². The first-order valence-corrected chi connectivity index (χ1v) is 7.32. The van der Waals surface area contributed by atoms with Gasteiger partial charge in [-0.15, -0.1) is 0 Å². The monoisotopic (exact) mass is 256 g/mol. The van der Waals surface area contributed by atoms with Crippen LogP contribution in [-0.4, -0.2) is 7.11 Å². The molecule has 19 heavy (non-hydrogen) atoms. The first-order chi connectivity index (χ1) is 9.35. The zero-order valence-electron chi connectivity index (χ0n) is 12.1. The summed E-state index contributed by atoms with van der Waals surface area (Å²) in [5, 5.41) is 0. The van der Waals surface area contributed by atoms with Gasteiger partial charge >= 0.3 is 0 Å². The van der Waals surface area contributed by atoms with Gasteiger partial charge in [0, 0.05) is 0 Å². The van der Waals surface area contributed by atoms with Crippen molar-refractivity contribution in [2.45, 2.75) is 39.0 Å². The highest BCUT2D eigenvalue weighted by Crippen LogP contribution is 2.35. The van der Waals surface area contributed by atoms with Crippen LogP contribution in [0, 0.1) is 5.92 Å². The lowest BCUT2D eigenvalue weighted by Gasteiger charge is -2.25. The Balaban J connectivity index is 2.25. The summed E-state index contributed by atoms with van der Waals surface area (Å²) < 4.78 is 5.24. The van der Waals surface area contributed by atoms with E-state index in [9.17, 15) is 0 Å². The van der Waals surface area contributed by atoms with Crippen molar-refractivity contribution in [3.8, 4) is 5.75 Å². The zero-order valence-corrected chi connectivity index (χ0v) is 12.1. The summed E-state index contributed by atoms with van der Waals surface area (Å²) in [5.41, 5.74) is 2.83. The van der Waals surface area contributed by atoms with Crippen LogP contribution in [0.25, 0.3) is 5.57 Å². The summed E-state index contributed by atoms with van der Waals surface area (Å²) in [5.74, 6) is 1.65. The van der Waals surface area contributed by atoms with Crippen molar-refractivity contribution in [2.24, 2.45) is 5.92 Å². The molecular weight excluding hydrogens is 232 g/mol. The van der Waals surface area contributed by atoms with E-state index in [4.69, 9.17) is 4.74 Å². The first kappa shape index (κ1) is 13.9. The summed E-state index contributed by atoms with van der Waals surface area (Å²) in [6.45, 7) is 2.07. The highest BCUT2D eigenvalue weighted by atomic mass is 16.5. The molecule has 1 saturated carbocycles. The van der Waals surface area contributed by atoms with Gasteiger partial charge < -0.3 is 4.74 Å². The lowest BCUT2D eigenvalue weighted by molar-refractivity contribution is 0.414. The molecule has 1 aromatic carbocycles. The average molecular weight is 256 g/mol. The molecule has 0 spiro atoms. The average Bonchev–Trinajstić information content (AvgIpc) is 2.49. The van der Waals surface area contributed by atoms with Crippen LogP contribution in [0.1, 0.15) is 44.6 Å². The van der Waals surface area contributed by atoms with Crippen molar-refractivity contribution in [3.63, 3.8) is 0 Å². The number of methoxy groups -OCH3 is 1. The van der Waals surface area contributed by atoms with Crippen molar-refractivity contribution in [1.82, 2.24) is 0 Å². The Morgan fingerprint density at radius 3 is 2.37 bits per heavy atom. The third-order valence-electron chi connectivity index (χ3n) is 3.94. The van der Waals surface area contributed by atoms with Gasteiger partial charge in [-0.05, 0) is 49.0 Å². The molecule has 0 aliphatic heterocycles. The molecule has 0 radical (unpaired) electrons. The van der Waals surface area contributed by atoms with Crippen molar-refractivity contribution in [3.05, 3.63) is 48.1 Å². The van der Waals surface area contributed by atoms with E-state index in [0.29, 0.717) is 0 Å². The number of allylic oxidation sites excluding steroid dienone is 4. The molecule has 0 heterocycles. The Hall–Kier alpha value is -1.50. The number of ether oxygens (including phenoxy) is 1. The number of hydrogen-bond acceptors (Lipinski definition) is 1. The molecule has 1 aromatic rings. The highest BCUT2D eigenvalue weighted by molar-refractivity contribution is 5.69. The van der Waals surface area contributed by atoms with Crippen LogP contribution in [-0.2, 0) is 0 Å². The third kappa shape index (κ3) is 3.73. The van der Waals surface area contributed by atoms with E-state index in [2.05, 4.69) is 49.4 Å². The Kier molecular flexibility index (Phi) is 5.26. The molecule has 102 valence electrons. The fourth-order valence-corrected chi connectivity index (χ4v) is 2.86. The fraction of sp³-hybridized carbons (Fsp3) is 0.444. The van der Waals surface area contributed by atoms with Gasteiger partial charge in [-0.3, -0.25) is 0 Å². The van der Waals surface area contributed by atoms with Gasteiger partial charge in [0.15, 0.2) is 0 Å². The maximum Gasteiger partial charge on any atom is 0.118 e. The minimum Gasteiger partial charge on any atom is -0.497 e. The number of hydrogen-bond donors (Lipinski definition) is 0. The van der Waals surface area contributed by atoms with Crippen molar-refractivity contribution < 1.29 is 4.74 Å². The summed E-state index contributed by atoms with van der Waals surface area (Å²) >= 11 is 0. The van der Waals surface area contributed by atoms with Gasteiger partial charge in [-0.1, -0.05) is 49.6 Å². The topological polar surface area (TPSA) is 9.23 Å². The molecule has 0 unspecified atom stereocenters. The van der Waals surface area contributed by atoms with Crippen LogP contribution in [0.3, 0.4) is 0 Å². The summed E-state index contributed by atoms with van der Waals surface area (Å²) in [6.07, 6.45) is 13.3. The molecule has 1 heteroatoms. The summed E-state index contributed by atoms with van der Waals surface area (Å²) in [6, 6.07) is 8.48. The van der Waals surface area contributed by atoms with E-state index >= 15 is 0 Å². The second-order valence-corrected chi connectivity index (χ2v) is 5.21. The zero-order chi connectivity index (χ0) is 13.5. The Morgan fingerprint density at radius 1 is 1.11 bits per heavy atom. The van der Waals surface area contributed by atoms with E-state index in [-0.39, 0.29) is 0 Å². The van der Waals surface area contributed by atoms with Gasteiger partial charge in [0.05, 0.1) is 7.11 Å². The highest BCUT2D eigenvalue weighted by Gasteiger charge is 2.18. The SMILES string of the molecule is C/C=C/C=C(/c1ccc(OC)cc1)C1CCCCC1. The van der Waals surface area contributed by atoms with E-state index in [0.717, 1.165) is 11.7 Å². The maximum absolute atomic E-state index is 5.24. The Labute approximate surface area is 117 Å². The molecule has 0 amide bonds. The minimum absolute atomic E-state index is 0.721. The second-order valence-electron chi connectivity index (χ2n) is 5.21. The largest absolute Gasteiger partial charge is 0.497 e. The third-order valence-corrected chi connectivity index (χ3v) is 3.94. The van der Waals surface area contributed by atoms with E-state index in [1.165, 1.54) is 43.2 Å². The van der Waals surface area contributed by atoms with Crippen molar-refractivity contribution >= 4 is 5.57 Å². The number of benzene rings is 1. The van der Waals surface area contributed by atoms with E-state index in [1.807, 2.05) is 0 Å². The lowest BCUT2D eigenvalue weighted by atomic mass is 9.81. The quantitative estimate of drug-likeness (QED) is 0.670. The normalized spacial score (nSPS) is 17.9. The van der Waals surface area contributed by atoms with Crippen molar-refractivity contribution in [2.75, 3.05) is 7.11 Å². The molecule has 0 N–H and O–H groups in total. The second kappa shape index (κ2) is 7.18. The van der Waals surface area contributed by atoms with Crippen LogP contribution in [0.15, 0.2) is 42.5 Å². The minimum atomic E-state index is 0.721. The standard InChI is InChI=1S/C18H24O/c1-3-4-10-18(15-8-6-5-7-9-15)16-11-13-17(19-2)14-12-16/h3-4,10-15H,5-9H2,1-2H3/b4-3+,18-10+. The Bertz CT molecular complexity index is 433. The van der Waals surface area contributed by atoms with Crippen LogP contribution in [0.5, 0.6) is 5.75 Å². The predicted octanol–water partition coefficient (Wildman–Crippen LogP) is 5.24. The van der Waals surface area contributed by atoms with Crippen molar-refractivity contribution in [1.29, 1.82) is 0 Å². The van der Waals surface area contributed by atoms with Gasteiger partial charge in [0.25, 0.3) is 0 Å². The van der Waals surface area contributed by atoms with Gasteiger partial charge in [0.1, 0.15) is 5.75 Å². The molecule has 0 saturated heterocycles. The summed E-state index contributed by atoms with van der Waals surface area (Å²) in [7, 11) is 1.71. The Morgan fingerprint density at radius 2 is 1.79 bits per heavy atom. The van der Waals surface area contributed by atoms with E-state index < -0.39 is 0 Å². The van der Waals surface area contributed by atoms with Gasteiger partial charge in [-0.25, -0.2) is 0 Å². The number of rotatable bonds is 4. The van der Waals surface area contributed by atoms with Crippen LogP contribution in [0.2, 0.25) is 0 Å². The van der Waals surface area contributed by atoms with Gasteiger partial charge in [-0.2, -0.15) is 0 Å². The maximum atomic E-state index is 5.24. The smallest absolute Gasteiger partial charge is 0.118 e. The van der Waals surface area contributed by atoms with Crippen LogP contribution < -0.4 is 4.74 Å². The first-order valence-electron chi connectivity index (χ1n) is 7.32. The molecule has 1 aliphatic carbocycles. The molecule has 1 aliphatic rings. The van der Waals surface area contributed by atoms with Crippen LogP contribution >= 0.6 is 0 Å². The molecular formula is C18H24O. The lowest BCUT2D eigenvalue weighted by Crippen LogP contribution is -2.08. The predicted molar refractivity (Wildman–Crippen MR) is 82.4 cm³/mol. The molecule has 0 atom stereocenters. The fourth-order valence-electron chi connectivity index (χ4n) is 2.86. The van der Waals surface area contributed by atoms with Gasteiger partial charge in [0.2, 0.25) is 0 Å². The molecule has 1 fully saturated rings. The van der Waals surface area contributed by atoms with Crippen LogP contribution in [0.4, 0.5) is 0 Å². The molecule has 0 bridgehead atoms.